The van der Waals surface area contributed by atoms with Gasteiger partial charge in [-0.2, -0.15) is 4.37 Å². The molecule has 0 N–H and O–H groups in total. The molecule has 0 radical (unpaired) electrons. The van der Waals surface area contributed by atoms with E-state index >= 15 is 0 Å². The highest BCUT2D eigenvalue weighted by atomic mass is 32.2. The van der Waals surface area contributed by atoms with Gasteiger partial charge in [-0.1, -0.05) is 36.9 Å². The minimum Gasteiger partial charge on any atom is -0.294 e. The van der Waals surface area contributed by atoms with Crippen LogP contribution in [0.4, 0.5) is 0 Å². The lowest BCUT2D eigenvalue weighted by Crippen LogP contribution is -1.98. The minimum absolute atomic E-state index is 0.161. The number of hydrogen-bond acceptors (Lipinski definition) is 5. The van der Waals surface area contributed by atoms with Crippen LogP contribution in [0.25, 0.3) is 0 Å². The van der Waals surface area contributed by atoms with Gasteiger partial charge in [0.05, 0.1) is 0 Å². The highest BCUT2D eigenvalue weighted by Gasteiger charge is 2.11. The van der Waals surface area contributed by atoms with E-state index in [1.165, 1.54) is 23.3 Å². The zero-order valence-electron chi connectivity index (χ0n) is 9.64. The van der Waals surface area contributed by atoms with Crippen LogP contribution in [0.2, 0.25) is 0 Å². The Kier molecular flexibility index (Phi) is 3.91. The third kappa shape index (κ3) is 2.92. The van der Waals surface area contributed by atoms with Crippen LogP contribution in [-0.2, 0) is 0 Å². The van der Waals surface area contributed by atoms with Gasteiger partial charge in [-0.05, 0) is 24.5 Å². The molecule has 0 saturated carbocycles. The second kappa shape index (κ2) is 5.42. The van der Waals surface area contributed by atoms with Gasteiger partial charge in [-0.15, -0.1) is 0 Å². The number of ketones is 1. The largest absolute Gasteiger partial charge is 0.294 e. The molecular formula is C12H12N2OS2. The highest BCUT2D eigenvalue weighted by Crippen LogP contribution is 2.31. The van der Waals surface area contributed by atoms with Gasteiger partial charge in [-0.3, -0.25) is 4.79 Å². The van der Waals surface area contributed by atoms with E-state index in [2.05, 4.69) is 9.36 Å². The molecular weight excluding hydrogens is 252 g/mol. The Labute approximate surface area is 108 Å². The maximum Gasteiger partial charge on any atom is 0.174 e. The number of Topliss-reactive ketones (excluding diaryl/α,β-unsaturated/α-hetero) is 1. The van der Waals surface area contributed by atoms with Crippen molar-refractivity contribution in [3.8, 4) is 0 Å². The number of carbonyl (C=O) groups is 1. The summed E-state index contributed by atoms with van der Waals surface area (Å²) < 4.78 is 5.01. The number of rotatable bonds is 4. The second-order valence-corrected chi connectivity index (χ2v) is 5.52. The number of hydrogen-bond donors (Lipinski definition) is 0. The van der Waals surface area contributed by atoms with Gasteiger partial charge in [0.2, 0.25) is 0 Å². The summed E-state index contributed by atoms with van der Waals surface area (Å²) in [5.74, 6) is 0.936. The molecule has 0 spiro atoms. The molecule has 0 amide bonds. The van der Waals surface area contributed by atoms with Crippen molar-refractivity contribution in [2.24, 2.45) is 0 Å². The van der Waals surface area contributed by atoms with Gasteiger partial charge < -0.3 is 0 Å². The summed E-state index contributed by atoms with van der Waals surface area (Å²) >= 11 is 2.87. The summed E-state index contributed by atoms with van der Waals surface area (Å²) in [6, 6.07) is 7.63. The lowest BCUT2D eigenvalue weighted by molar-refractivity contribution is 0.0985. The smallest absolute Gasteiger partial charge is 0.174 e. The fraction of sp³-hybridized carbons (Fsp3) is 0.250. The standard InChI is InChI=1S/C12H12N2OS2/c1-3-10(15)9-6-4-5-7-11(9)16-12-13-8(2)14-17-12/h4-7H,3H2,1-2H3. The Morgan fingerprint density at radius 1 is 1.41 bits per heavy atom. The molecule has 0 fully saturated rings. The summed E-state index contributed by atoms with van der Waals surface area (Å²) in [6.07, 6.45) is 0.521. The summed E-state index contributed by atoms with van der Waals surface area (Å²) in [5.41, 5.74) is 0.771. The average molecular weight is 264 g/mol. The molecule has 17 heavy (non-hydrogen) atoms. The van der Waals surface area contributed by atoms with E-state index in [1.54, 1.807) is 0 Å². The van der Waals surface area contributed by atoms with Crippen molar-refractivity contribution in [3.05, 3.63) is 35.7 Å². The van der Waals surface area contributed by atoms with Crippen molar-refractivity contribution in [3.63, 3.8) is 0 Å². The van der Waals surface area contributed by atoms with Gasteiger partial charge >= 0.3 is 0 Å². The van der Waals surface area contributed by atoms with Crippen molar-refractivity contribution >= 4 is 29.1 Å². The van der Waals surface area contributed by atoms with E-state index in [4.69, 9.17) is 0 Å². The summed E-state index contributed by atoms with van der Waals surface area (Å²) in [4.78, 5) is 17.0. The molecule has 0 saturated heterocycles. The third-order valence-corrected chi connectivity index (χ3v) is 4.13. The van der Waals surface area contributed by atoms with Gasteiger partial charge in [0.15, 0.2) is 10.1 Å². The molecule has 1 aromatic carbocycles. The molecule has 88 valence electrons. The van der Waals surface area contributed by atoms with Gasteiger partial charge in [0.1, 0.15) is 5.82 Å². The molecule has 0 atom stereocenters. The van der Waals surface area contributed by atoms with Crippen molar-refractivity contribution in [2.45, 2.75) is 29.5 Å². The molecule has 5 heteroatoms. The maximum absolute atomic E-state index is 11.8. The first-order chi connectivity index (χ1) is 8.20. The normalized spacial score (nSPS) is 10.5. The lowest BCUT2D eigenvalue weighted by atomic mass is 10.1. The van der Waals surface area contributed by atoms with Crippen LogP contribution in [0.3, 0.4) is 0 Å². The van der Waals surface area contributed by atoms with E-state index in [0.29, 0.717) is 6.42 Å². The van der Waals surface area contributed by atoms with Crippen molar-refractivity contribution in [1.29, 1.82) is 0 Å². The van der Waals surface area contributed by atoms with E-state index in [0.717, 1.165) is 20.6 Å². The summed E-state index contributed by atoms with van der Waals surface area (Å²) in [7, 11) is 0. The number of aryl methyl sites for hydroxylation is 1. The molecule has 3 nitrogen and oxygen atoms in total. The predicted octanol–water partition coefficient (Wildman–Crippen LogP) is 3.59. The van der Waals surface area contributed by atoms with Crippen molar-refractivity contribution in [1.82, 2.24) is 9.36 Å². The molecule has 1 heterocycles. The molecule has 2 rings (SSSR count). The third-order valence-electron chi connectivity index (χ3n) is 2.21. The van der Waals surface area contributed by atoms with Crippen LogP contribution >= 0.6 is 23.3 Å². The number of carbonyl (C=O) groups excluding carboxylic acids is 1. The molecule has 0 bridgehead atoms. The first-order valence-electron chi connectivity index (χ1n) is 5.31. The van der Waals surface area contributed by atoms with Crippen LogP contribution in [0.15, 0.2) is 33.5 Å². The highest BCUT2D eigenvalue weighted by molar-refractivity contribution is 8.01. The Morgan fingerprint density at radius 2 is 2.18 bits per heavy atom. The first kappa shape index (κ1) is 12.3. The van der Waals surface area contributed by atoms with Crippen LogP contribution < -0.4 is 0 Å². The minimum atomic E-state index is 0.161. The van der Waals surface area contributed by atoms with E-state index in [1.807, 2.05) is 38.1 Å². The molecule has 2 aromatic rings. The first-order valence-corrected chi connectivity index (χ1v) is 6.90. The topological polar surface area (TPSA) is 42.9 Å². The van der Waals surface area contributed by atoms with Crippen molar-refractivity contribution < 1.29 is 4.79 Å². The monoisotopic (exact) mass is 264 g/mol. The number of nitrogens with zero attached hydrogens (tertiary/aromatic N) is 2. The summed E-state index contributed by atoms with van der Waals surface area (Å²) in [6.45, 7) is 3.74. The van der Waals surface area contributed by atoms with Gasteiger partial charge in [0, 0.05) is 16.9 Å². The molecule has 0 aliphatic carbocycles. The van der Waals surface area contributed by atoms with E-state index in [9.17, 15) is 4.79 Å². The quantitative estimate of drug-likeness (QED) is 0.791. The Balaban J connectivity index is 2.29. The van der Waals surface area contributed by atoms with Crippen LogP contribution in [0.5, 0.6) is 0 Å². The van der Waals surface area contributed by atoms with Gasteiger partial charge in [-0.25, -0.2) is 4.98 Å². The SMILES string of the molecule is CCC(=O)c1ccccc1Sc1nc(C)ns1. The Hall–Kier alpha value is -1.20. The maximum atomic E-state index is 11.8. The second-order valence-electron chi connectivity index (χ2n) is 3.48. The lowest BCUT2D eigenvalue weighted by Gasteiger charge is -2.04. The molecule has 0 aliphatic rings. The fourth-order valence-electron chi connectivity index (χ4n) is 1.39. The van der Waals surface area contributed by atoms with Crippen LogP contribution in [0, 0.1) is 6.92 Å². The van der Waals surface area contributed by atoms with Gasteiger partial charge in [0.25, 0.3) is 0 Å². The average Bonchev–Trinajstić information content (AvgIpc) is 2.74. The van der Waals surface area contributed by atoms with Crippen LogP contribution in [0.1, 0.15) is 29.5 Å². The van der Waals surface area contributed by atoms with Crippen LogP contribution in [-0.4, -0.2) is 15.1 Å². The molecule has 1 aromatic heterocycles. The Morgan fingerprint density at radius 3 is 2.82 bits per heavy atom. The van der Waals surface area contributed by atoms with Crippen molar-refractivity contribution in [2.75, 3.05) is 0 Å². The predicted molar refractivity (Wildman–Crippen MR) is 69.8 cm³/mol. The summed E-state index contributed by atoms with van der Waals surface area (Å²) in [5, 5.41) is 0. The molecule has 0 unspecified atom stereocenters. The fourth-order valence-corrected chi connectivity index (χ4v) is 3.15. The van der Waals surface area contributed by atoms with E-state index in [-0.39, 0.29) is 5.78 Å². The zero-order valence-corrected chi connectivity index (χ0v) is 11.3. The Bertz CT molecular complexity index is 537. The number of aromatic nitrogens is 2. The number of benzene rings is 1. The van der Waals surface area contributed by atoms with E-state index < -0.39 is 0 Å². The zero-order chi connectivity index (χ0) is 12.3. The molecule has 0 aliphatic heterocycles.